The SMILES string of the molecule is CCc1cc(-c2nccn2N)c(C)s1. The predicted molar refractivity (Wildman–Crippen MR) is 59.8 cm³/mol. The van der Waals surface area contributed by atoms with Gasteiger partial charge in [0.25, 0.3) is 0 Å². The van der Waals surface area contributed by atoms with Gasteiger partial charge in [-0.15, -0.1) is 11.3 Å². The molecule has 0 aliphatic carbocycles. The molecular formula is C10H13N3S. The predicted octanol–water partition coefficient (Wildman–Crippen LogP) is 2.20. The lowest BCUT2D eigenvalue weighted by atomic mass is 10.2. The molecule has 0 unspecified atom stereocenters. The van der Waals surface area contributed by atoms with Crippen LogP contribution in [-0.4, -0.2) is 9.66 Å². The summed E-state index contributed by atoms with van der Waals surface area (Å²) in [6, 6.07) is 2.17. The fraction of sp³-hybridized carbons (Fsp3) is 0.300. The Morgan fingerprint density at radius 2 is 2.36 bits per heavy atom. The number of imidazole rings is 1. The summed E-state index contributed by atoms with van der Waals surface area (Å²) >= 11 is 1.81. The van der Waals surface area contributed by atoms with Gasteiger partial charge in [0.1, 0.15) is 0 Å². The summed E-state index contributed by atoms with van der Waals surface area (Å²) in [4.78, 5) is 6.89. The van der Waals surface area contributed by atoms with Gasteiger partial charge in [0.2, 0.25) is 0 Å². The van der Waals surface area contributed by atoms with Crippen molar-refractivity contribution in [2.45, 2.75) is 20.3 Å². The number of aromatic nitrogens is 2. The number of thiophene rings is 1. The third-order valence-electron chi connectivity index (χ3n) is 2.23. The van der Waals surface area contributed by atoms with Gasteiger partial charge in [0.15, 0.2) is 5.82 Å². The molecule has 2 rings (SSSR count). The largest absolute Gasteiger partial charge is 0.338 e. The first-order valence-corrected chi connectivity index (χ1v) is 5.42. The summed E-state index contributed by atoms with van der Waals surface area (Å²) in [5, 5.41) is 0. The van der Waals surface area contributed by atoms with Crippen LogP contribution >= 0.6 is 11.3 Å². The standard InChI is InChI=1S/C10H13N3S/c1-3-8-6-9(7(2)14-8)10-12-4-5-13(10)11/h4-6H,3,11H2,1-2H3. The summed E-state index contributed by atoms with van der Waals surface area (Å²) in [5.74, 6) is 6.60. The van der Waals surface area contributed by atoms with Crippen molar-refractivity contribution in [3.8, 4) is 11.4 Å². The van der Waals surface area contributed by atoms with Crippen molar-refractivity contribution in [2.24, 2.45) is 0 Å². The molecule has 0 aliphatic rings. The first-order chi connectivity index (χ1) is 6.72. The molecule has 74 valence electrons. The van der Waals surface area contributed by atoms with E-state index in [4.69, 9.17) is 5.84 Å². The molecule has 4 heteroatoms. The van der Waals surface area contributed by atoms with E-state index in [0.717, 1.165) is 17.8 Å². The summed E-state index contributed by atoms with van der Waals surface area (Å²) in [7, 11) is 0. The van der Waals surface area contributed by atoms with Gasteiger partial charge in [-0.25, -0.2) is 4.98 Å². The molecule has 0 aliphatic heterocycles. The number of aryl methyl sites for hydroxylation is 2. The molecule has 14 heavy (non-hydrogen) atoms. The van der Waals surface area contributed by atoms with E-state index in [-0.39, 0.29) is 0 Å². The Balaban J connectivity index is 2.51. The number of hydrogen-bond acceptors (Lipinski definition) is 3. The van der Waals surface area contributed by atoms with E-state index < -0.39 is 0 Å². The molecular weight excluding hydrogens is 194 g/mol. The quantitative estimate of drug-likeness (QED) is 0.767. The molecule has 0 saturated heterocycles. The lowest BCUT2D eigenvalue weighted by molar-refractivity contribution is 1.01. The molecule has 2 N–H and O–H groups in total. The minimum absolute atomic E-state index is 0.846. The van der Waals surface area contributed by atoms with Gasteiger partial charge in [-0.3, -0.25) is 4.68 Å². The van der Waals surface area contributed by atoms with Crippen molar-refractivity contribution in [3.63, 3.8) is 0 Å². The van der Waals surface area contributed by atoms with Crippen molar-refractivity contribution in [3.05, 3.63) is 28.2 Å². The van der Waals surface area contributed by atoms with Crippen LogP contribution in [0.5, 0.6) is 0 Å². The highest BCUT2D eigenvalue weighted by Gasteiger charge is 2.10. The third-order valence-corrected chi connectivity index (χ3v) is 3.42. The maximum absolute atomic E-state index is 5.75. The first kappa shape index (κ1) is 9.27. The Kier molecular flexibility index (Phi) is 2.29. The fourth-order valence-corrected chi connectivity index (χ4v) is 2.44. The minimum Gasteiger partial charge on any atom is -0.338 e. The van der Waals surface area contributed by atoms with Crippen molar-refractivity contribution < 1.29 is 0 Å². The van der Waals surface area contributed by atoms with Gasteiger partial charge >= 0.3 is 0 Å². The van der Waals surface area contributed by atoms with Gasteiger partial charge in [-0.1, -0.05) is 6.92 Å². The van der Waals surface area contributed by atoms with Crippen LogP contribution in [0.2, 0.25) is 0 Å². The average Bonchev–Trinajstić information content (AvgIpc) is 2.72. The summed E-state index contributed by atoms with van der Waals surface area (Å²) in [5.41, 5.74) is 1.15. The first-order valence-electron chi connectivity index (χ1n) is 4.60. The molecule has 2 heterocycles. The lowest BCUT2D eigenvalue weighted by Gasteiger charge is -1.99. The molecule has 0 fully saturated rings. The second-order valence-corrected chi connectivity index (χ2v) is 4.54. The van der Waals surface area contributed by atoms with E-state index in [1.807, 2.05) is 11.3 Å². The topological polar surface area (TPSA) is 43.8 Å². The van der Waals surface area contributed by atoms with Gasteiger partial charge < -0.3 is 5.84 Å². The number of nitrogens with zero attached hydrogens (tertiary/aromatic N) is 2. The van der Waals surface area contributed by atoms with Crippen LogP contribution in [0.4, 0.5) is 0 Å². The maximum Gasteiger partial charge on any atom is 0.159 e. The fourth-order valence-electron chi connectivity index (χ4n) is 1.46. The smallest absolute Gasteiger partial charge is 0.159 e. The summed E-state index contributed by atoms with van der Waals surface area (Å²) < 4.78 is 1.56. The van der Waals surface area contributed by atoms with Crippen LogP contribution < -0.4 is 5.84 Å². The normalized spacial score (nSPS) is 10.7. The molecule has 2 aromatic rings. The van der Waals surface area contributed by atoms with E-state index >= 15 is 0 Å². The molecule has 0 radical (unpaired) electrons. The average molecular weight is 207 g/mol. The molecule has 0 bridgehead atoms. The van der Waals surface area contributed by atoms with E-state index in [1.165, 1.54) is 9.75 Å². The van der Waals surface area contributed by atoms with Crippen molar-refractivity contribution in [2.75, 3.05) is 5.84 Å². The van der Waals surface area contributed by atoms with Crippen LogP contribution in [0.25, 0.3) is 11.4 Å². The number of hydrogen-bond donors (Lipinski definition) is 1. The van der Waals surface area contributed by atoms with Crippen molar-refractivity contribution >= 4 is 11.3 Å². The van der Waals surface area contributed by atoms with Gasteiger partial charge in [-0.2, -0.15) is 0 Å². The lowest BCUT2D eigenvalue weighted by Crippen LogP contribution is -2.08. The van der Waals surface area contributed by atoms with E-state index in [2.05, 4.69) is 24.9 Å². The van der Waals surface area contributed by atoms with Crippen molar-refractivity contribution in [1.82, 2.24) is 9.66 Å². The van der Waals surface area contributed by atoms with Crippen LogP contribution in [-0.2, 0) is 6.42 Å². The molecule has 0 amide bonds. The Morgan fingerprint density at radius 1 is 1.57 bits per heavy atom. The van der Waals surface area contributed by atoms with E-state index in [0.29, 0.717) is 0 Å². The van der Waals surface area contributed by atoms with Crippen LogP contribution in [0, 0.1) is 6.92 Å². The summed E-state index contributed by atoms with van der Waals surface area (Å²) in [6.07, 6.45) is 4.55. The molecule has 2 aromatic heterocycles. The van der Waals surface area contributed by atoms with Crippen LogP contribution in [0.3, 0.4) is 0 Å². The molecule has 0 spiro atoms. The van der Waals surface area contributed by atoms with Crippen LogP contribution in [0.15, 0.2) is 18.5 Å². The zero-order chi connectivity index (χ0) is 10.1. The number of nitrogen functional groups attached to an aromatic ring is 1. The van der Waals surface area contributed by atoms with E-state index in [9.17, 15) is 0 Å². The molecule has 0 atom stereocenters. The number of nitrogens with two attached hydrogens (primary N) is 1. The van der Waals surface area contributed by atoms with E-state index in [1.54, 1.807) is 17.1 Å². The second kappa shape index (κ2) is 3.46. The van der Waals surface area contributed by atoms with Crippen molar-refractivity contribution in [1.29, 1.82) is 0 Å². The molecule has 3 nitrogen and oxygen atoms in total. The zero-order valence-corrected chi connectivity index (χ0v) is 9.14. The molecule has 0 saturated carbocycles. The van der Waals surface area contributed by atoms with Crippen LogP contribution in [0.1, 0.15) is 16.7 Å². The highest BCUT2D eigenvalue weighted by molar-refractivity contribution is 7.12. The Hall–Kier alpha value is -1.29. The summed E-state index contributed by atoms with van der Waals surface area (Å²) in [6.45, 7) is 4.26. The Morgan fingerprint density at radius 3 is 2.86 bits per heavy atom. The number of rotatable bonds is 2. The Bertz CT molecular complexity index is 442. The second-order valence-electron chi connectivity index (χ2n) is 3.19. The van der Waals surface area contributed by atoms with Gasteiger partial charge in [0.05, 0.1) is 0 Å². The van der Waals surface area contributed by atoms with Gasteiger partial charge in [-0.05, 0) is 19.4 Å². The van der Waals surface area contributed by atoms with Gasteiger partial charge in [0, 0.05) is 27.7 Å². The monoisotopic (exact) mass is 207 g/mol. The highest BCUT2D eigenvalue weighted by atomic mass is 32.1. The Labute approximate surface area is 87.2 Å². The molecule has 0 aromatic carbocycles. The third kappa shape index (κ3) is 1.42. The minimum atomic E-state index is 0.846. The maximum atomic E-state index is 5.75. The highest BCUT2D eigenvalue weighted by Crippen LogP contribution is 2.29. The zero-order valence-electron chi connectivity index (χ0n) is 8.32.